The smallest absolute Gasteiger partial charge is 0.307 e. The van der Waals surface area contributed by atoms with Crippen LogP contribution in [0.25, 0.3) is 11.1 Å². The fourth-order valence-electron chi connectivity index (χ4n) is 5.05. The molecule has 0 amide bonds. The summed E-state index contributed by atoms with van der Waals surface area (Å²) in [4.78, 5) is 16.4. The highest BCUT2D eigenvalue weighted by Gasteiger charge is 2.43. The van der Waals surface area contributed by atoms with Gasteiger partial charge in [-0.1, -0.05) is 56.3 Å². The molecule has 1 unspecified atom stereocenters. The van der Waals surface area contributed by atoms with Crippen LogP contribution in [0.1, 0.15) is 41.7 Å². The number of nitrogens with zero attached hydrogens (tertiary/aromatic N) is 3. The number of aromatic nitrogens is 2. The van der Waals surface area contributed by atoms with Crippen LogP contribution in [0.4, 0.5) is 0 Å². The van der Waals surface area contributed by atoms with Crippen LogP contribution < -0.4 is 10.5 Å². The summed E-state index contributed by atoms with van der Waals surface area (Å²) in [6.45, 7) is 5.19. The van der Waals surface area contributed by atoms with Gasteiger partial charge in [0.1, 0.15) is 17.1 Å². The Balaban J connectivity index is 1.68. The van der Waals surface area contributed by atoms with Crippen molar-refractivity contribution in [3.05, 3.63) is 107 Å². The third-order valence-corrected chi connectivity index (χ3v) is 6.70. The van der Waals surface area contributed by atoms with Gasteiger partial charge in [-0.05, 0) is 58.0 Å². The van der Waals surface area contributed by atoms with E-state index in [2.05, 4.69) is 43.3 Å². The molecule has 0 spiro atoms. The lowest BCUT2D eigenvalue weighted by Crippen LogP contribution is -2.25. The van der Waals surface area contributed by atoms with Gasteiger partial charge in [0.05, 0.1) is 19.7 Å². The lowest BCUT2D eigenvalue weighted by atomic mass is 9.76. The summed E-state index contributed by atoms with van der Waals surface area (Å²) in [5.41, 5.74) is 11.9. The molecule has 188 valence electrons. The molecule has 1 aromatic heterocycles. The van der Waals surface area contributed by atoms with Crippen LogP contribution in [-0.4, -0.2) is 33.8 Å². The van der Waals surface area contributed by atoms with Gasteiger partial charge in [0.2, 0.25) is 0 Å². The number of carboxylic acid groups (broad SMARTS) is 1. The standard InChI is InChI=1S/C30H30N4O3/c1-19(2)17-34-18-22(16-32-34)21-5-4-6-24(15-21)30(23-8-10-25(37-3)11-9-23)27-12-7-20(14-28(35)36)13-26(27)29(31)33-30/h4-13,15-16,18-19H,14,17H2,1-3H3,(H2,31,33)(H,35,36). The molecule has 0 bridgehead atoms. The molecule has 7 nitrogen and oxygen atoms in total. The van der Waals surface area contributed by atoms with Gasteiger partial charge in [0.25, 0.3) is 0 Å². The van der Waals surface area contributed by atoms with Gasteiger partial charge in [-0.2, -0.15) is 5.10 Å². The maximum atomic E-state index is 11.3. The minimum absolute atomic E-state index is 0.0774. The van der Waals surface area contributed by atoms with Gasteiger partial charge < -0.3 is 15.6 Å². The molecule has 3 N–H and O–H groups in total. The number of aliphatic carboxylic acids is 1. The second-order valence-electron chi connectivity index (χ2n) is 9.81. The fraction of sp³-hybridized carbons (Fsp3) is 0.233. The largest absolute Gasteiger partial charge is 0.497 e. The first-order valence-electron chi connectivity index (χ1n) is 12.3. The first-order chi connectivity index (χ1) is 17.8. The molecule has 37 heavy (non-hydrogen) atoms. The number of benzene rings is 3. The van der Waals surface area contributed by atoms with E-state index in [9.17, 15) is 9.90 Å². The molecule has 3 aromatic carbocycles. The van der Waals surface area contributed by atoms with Crippen LogP contribution in [0, 0.1) is 5.92 Å². The number of methoxy groups -OCH3 is 1. The number of ether oxygens (including phenoxy) is 1. The van der Waals surface area contributed by atoms with Gasteiger partial charge in [-0.15, -0.1) is 0 Å². The zero-order chi connectivity index (χ0) is 26.2. The number of hydrogen-bond donors (Lipinski definition) is 2. The maximum Gasteiger partial charge on any atom is 0.307 e. The minimum atomic E-state index is -0.891. The van der Waals surface area contributed by atoms with Crippen LogP contribution in [0.2, 0.25) is 0 Å². The van der Waals surface area contributed by atoms with E-state index in [4.69, 9.17) is 15.5 Å². The highest BCUT2D eigenvalue weighted by atomic mass is 16.5. The van der Waals surface area contributed by atoms with Crippen LogP contribution >= 0.6 is 0 Å². The third kappa shape index (κ3) is 4.48. The average Bonchev–Trinajstić information content (AvgIpc) is 3.46. The summed E-state index contributed by atoms with van der Waals surface area (Å²) in [7, 11) is 1.64. The lowest BCUT2D eigenvalue weighted by molar-refractivity contribution is -0.136. The third-order valence-electron chi connectivity index (χ3n) is 6.70. The molecule has 0 fully saturated rings. The van der Waals surface area contributed by atoms with Crippen molar-refractivity contribution in [3.8, 4) is 16.9 Å². The molecule has 0 saturated carbocycles. The molecule has 2 heterocycles. The predicted octanol–water partition coefficient (Wildman–Crippen LogP) is 4.85. The highest BCUT2D eigenvalue weighted by molar-refractivity contribution is 6.03. The molecule has 1 aliphatic rings. The van der Waals surface area contributed by atoms with Gasteiger partial charge in [0.15, 0.2) is 0 Å². The van der Waals surface area contributed by atoms with E-state index in [0.717, 1.165) is 45.7 Å². The van der Waals surface area contributed by atoms with Gasteiger partial charge in [-0.25, -0.2) is 4.99 Å². The molecule has 0 radical (unpaired) electrons. The van der Waals surface area contributed by atoms with Crippen molar-refractivity contribution in [1.29, 1.82) is 0 Å². The Morgan fingerprint density at radius 1 is 1.05 bits per heavy atom. The first-order valence-corrected chi connectivity index (χ1v) is 12.3. The second kappa shape index (κ2) is 9.58. The molecule has 7 heteroatoms. The molecule has 5 rings (SSSR count). The van der Waals surface area contributed by atoms with Crippen molar-refractivity contribution in [2.45, 2.75) is 32.4 Å². The summed E-state index contributed by atoms with van der Waals surface area (Å²) < 4.78 is 7.36. The van der Waals surface area contributed by atoms with Crippen LogP contribution in [0.5, 0.6) is 5.75 Å². The van der Waals surface area contributed by atoms with E-state index < -0.39 is 11.5 Å². The van der Waals surface area contributed by atoms with Crippen LogP contribution in [0.15, 0.2) is 84.1 Å². The molecular formula is C30H30N4O3. The SMILES string of the molecule is COc1ccc(C2(c3cccc(-c4cnn(CC(C)C)c4)c3)N=C(N)c3cc(CC(=O)O)ccc32)cc1. The number of rotatable bonds is 8. The van der Waals surface area contributed by atoms with E-state index in [1.165, 1.54) is 0 Å². The Morgan fingerprint density at radius 3 is 2.54 bits per heavy atom. The lowest BCUT2D eigenvalue weighted by Gasteiger charge is -2.30. The molecule has 1 atom stereocenters. The molecular weight excluding hydrogens is 464 g/mol. The van der Waals surface area contributed by atoms with E-state index in [1.54, 1.807) is 7.11 Å². The van der Waals surface area contributed by atoms with Gasteiger partial charge >= 0.3 is 5.97 Å². The number of carboxylic acids is 1. The first kappa shape index (κ1) is 24.3. The summed E-state index contributed by atoms with van der Waals surface area (Å²) in [6, 6.07) is 21.8. The van der Waals surface area contributed by atoms with Crippen molar-refractivity contribution in [3.63, 3.8) is 0 Å². The molecule has 0 saturated heterocycles. The number of nitrogens with two attached hydrogens (primary N) is 1. The van der Waals surface area contributed by atoms with Crippen molar-refractivity contribution < 1.29 is 14.6 Å². The van der Waals surface area contributed by atoms with Crippen molar-refractivity contribution in [2.24, 2.45) is 16.6 Å². The quantitative estimate of drug-likeness (QED) is 0.364. The van der Waals surface area contributed by atoms with Crippen LogP contribution in [-0.2, 0) is 23.3 Å². The fourth-order valence-corrected chi connectivity index (χ4v) is 5.05. The zero-order valence-corrected chi connectivity index (χ0v) is 21.2. The van der Waals surface area contributed by atoms with E-state index in [-0.39, 0.29) is 6.42 Å². The molecule has 4 aromatic rings. The van der Waals surface area contributed by atoms with Gasteiger partial charge in [-0.3, -0.25) is 9.48 Å². The Hall–Kier alpha value is -4.39. The number of hydrogen-bond acceptors (Lipinski definition) is 5. The topological polar surface area (TPSA) is 103 Å². The summed E-state index contributed by atoms with van der Waals surface area (Å²) >= 11 is 0. The summed E-state index contributed by atoms with van der Waals surface area (Å²) in [5.74, 6) is 0.738. The molecule has 1 aliphatic heterocycles. The highest BCUT2D eigenvalue weighted by Crippen LogP contribution is 2.47. The summed E-state index contributed by atoms with van der Waals surface area (Å²) in [5, 5.41) is 13.8. The van der Waals surface area contributed by atoms with Crippen LogP contribution in [0.3, 0.4) is 0 Å². The van der Waals surface area contributed by atoms with Crippen molar-refractivity contribution in [1.82, 2.24) is 9.78 Å². The average molecular weight is 495 g/mol. The minimum Gasteiger partial charge on any atom is -0.497 e. The number of fused-ring (bicyclic) bond motifs is 1. The van der Waals surface area contributed by atoms with E-state index in [0.29, 0.717) is 17.3 Å². The number of aliphatic imine (C=N–C) groups is 1. The maximum absolute atomic E-state index is 11.3. The monoisotopic (exact) mass is 494 g/mol. The Labute approximate surface area is 216 Å². The van der Waals surface area contributed by atoms with Gasteiger partial charge in [0, 0.05) is 23.9 Å². The second-order valence-corrected chi connectivity index (χ2v) is 9.81. The number of amidine groups is 1. The normalized spacial score (nSPS) is 16.5. The summed E-state index contributed by atoms with van der Waals surface area (Å²) in [6.07, 6.45) is 3.88. The Bertz CT molecular complexity index is 1490. The van der Waals surface area contributed by atoms with Crippen molar-refractivity contribution >= 4 is 11.8 Å². The Morgan fingerprint density at radius 2 is 1.84 bits per heavy atom. The zero-order valence-electron chi connectivity index (χ0n) is 21.2. The number of carbonyl (C=O) groups is 1. The van der Waals surface area contributed by atoms with E-state index in [1.807, 2.05) is 59.4 Å². The Kier molecular flexibility index (Phi) is 6.29. The van der Waals surface area contributed by atoms with Crippen molar-refractivity contribution in [2.75, 3.05) is 7.11 Å². The predicted molar refractivity (Wildman–Crippen MR) is 144 cm³/mol. The molecule has 0 aliphatic carbocycles. The van der Waals surface area contributed by atoms with E-state index >= 15 is 0 Å².